The van der Waals surface area contributed by atoms with Crippen LogP contribution in [-0.2, 0) is 4.79 Å². The SMILES string of the molecule is CC1=C(Nc2ccc(N)cc2)C(=O)C=C(O)C1=Nc1ccc(N)cc1. The third-order valence-electron chi connectivity index (χ3n) is 3.80. The molecule has 0 saturated carbocycles. The van der Waals surface area contributed by atoms with Crippen LogP contribution in [0.15, 0.2) is 76.6 Å². The molecule has 0 unspecified atom stereocenters. The van der Waals surface area contributed by atoms with Gasteiger partial charge in [0.05, 0.1) is 11.4 Å². The molecule has 0 heterocycles. The van der Waals surface area contributed by atoms with Gasteiger partial charge in [-0.05, 0) is 55.5 Å². The first-order valence-corrected chi connectivity index (χ1v) is 7.67. The Morgan fingerprint density at radius 2 is 1.52 bits per heavy atom. The topological polar surface area (TPSA) is 114 Å². The third kappa shape index (κ3) is 3.53. The number of aliphatic hydroxyl groups is 1. The number of benzene rings is 2. The van der Waals surface area contributed by atoms with Crippen molar-refractivity contribution < 1.29 is 9.90 Å². The van der Waals surface area contributed by atoms with Crippen molar-refractivity contribution >= 4 is 34.2 Å². The Labute approximate surface area is 145 Å². The van der Waals surface area contributed by atoms with Crippen LogP contribution in [0.25, 0.3) is 0 Å². The summed E-state index contributed by atoms with van der Waals surface area (Å²) in [6, 6.07) is 14.0. The minimum atomic E-state index is -0.317. The van der Waals surface area contributed by atoms with E-state index in [4.69, 9.17) is 11.5 Å². The summed E-state index contributed by atoms with van der Waals surface area (Å²) >= 11 is 0. The average Bonchev–Trinajstić information content (AvgIpc) is 2.59. The van der Waals surface area contributed by atoms with Gasteiger partial charge in [-0.25, -0.2) is 4.99 Å². The van der Waals surface area contributed by atoms with Gasteiger partial charge in [0.15, 0.2) is 0 Å². The molecule has 0 radical (unpaired) electrons. The molecule has 0 amide bonds. The summed E-state index contributed by atoms with van der Waals surface area (Å²) in [5.41, 5.74) is 15.2. The highest BCUT2D eigenvalue weighted by Gasteiger charge is 2.24. The Morgan fingerprint density at radius 3 is 2.12 bits per heavy atom. The van der Waals surface area contributed by atoms with Crippen LogP contribution < -0.4 is 16.8 Å². The monoisotopic (exact) mass is 334 g/mol. The van der Waals surface area contributed by atoms with Crippen molar-refractivity contribution in [1.29, 1.82) is 0 Å². The minimum absolute atomic E-state index is 0.165. The summed E-state index contributed by atoms with van der Waals surface area (Å²) in [7, 11) is 0. The van der Waals surface area contributed by atoms with Crippen molar-refractivity contribution in [2.24, 2.45) is 4.99 Å². The smallest absolute Gasteiger partial charge is 0.206 e. The fraction of sp³-hybridized carbons (Fsp3) is 0.0526. The first-order chi connectivity index (χ1) is 11.9. The van der Waals surface area contributed by atoms with Gasteiger partial charge in [-0.3, -0.25) is 4.79 Å². The molecule has 2 aromatic carbocycles. The highest BCUT2D eigenvalue weighted by atomic mass is 16.3. The van der Waals surface area contributed by atoms with E-state index in [0.29, 0.717) is 34.0 Å². The maximum absolute atomic E-state index is 12.3. The zero-order chi connectivity index (χ0) is 18.0. The number of hydrogen-bond acceptors (Lipinski definition) is 6. The first kappa shape index (κ1) is 16.3. The lowest BCUT2D eigenvalue weighted by atomic mass is 9.98. The van der Waals surface area contributed by atoms with Crippen LogP contribution >= 0.6 is 0 Å². The quantitative estimate of drug-likeness (QED) is 0.508. The fourth-order valence-corrected chi connectivity index (χ4v) is 2.45. The number of nitrogen functional groups attached to an aromatic ring is 2. The van der Waals surface area contributed by atoms with Crippen molar-refractivity contribution in [2.45, 2.75) is 6.92 Å². The molecule has 3 rings (SSSR count). The van der Waals surface area contributed by atoms with Crippen LogP contribution in [0.4, 0.5) is 22.7 Å². The number of carbonyl (C=O) groups excluding carboxylic acids is 1. The predicted molar refractivity (Wildman–Crippen MR) is 101 cm³/mol. The van der Waals surface area contributed by atoms with E-state index in [1.807, 2.05) is 0 Å². The first-order valence-electron chi connectivity index (χ1n) is 7.67. The van der Waals surface area contributed by atoms with Crippen LogP contribution in [0, 0.1) is 0 Å². The number of allylic oxidation sites excluding steroid dienone is 2. The second-order valence-corrected chi connectivity index (χ2v) is 5.69. The summed E-state index contributed by atoms with van der Waals surface area (Å²) in [6.07, 6.45) is 1.16. The van der Waals surface area contributed by atoms with Crippen molar-refractivity contribution in [2.75, 3.05) is 16.8 Å². The zero-order valence-corrected chi connectivity index (χ0v) is 13.7. The molecule has 25 heavy (non-hydrogen) atoms. The Bertz CT molecular complexity index is 907. The van der Waals surface area contributed by atoms with Gasteiger partial charge in [0.2, 0.25) is 5.78 Å². The van der Waals surface area contributed by atoms with E-state index in [0.717, 1.165) is 11.8 Å². The van der Waals surface area contributed by atoms with Crippen molar-refractivity contribution in [1.82, 2.24) is 0 Å². The van der Waals surface area contributed by atoms with Crippen LogP contribution in [0.2, 0.25) is 0 Å². The zero-order valence-electron chi connectivity index (χ0n) is 13.7. The molecule has 0 aromatic heterocycles. The van der Waals surface area contributed by atoms with Gasteiger partial charge in [0, 0.05) is 28.7 Å². The van der Waals surface area contributed by atoms with Gasteiger partial charge in [0.25, 0.3) is 0 Å². The number of anilines is 3. The summed E-state index contributed by atoms with van der Waals surface area (Å²) in [4.78, 5) is 16.7. The van der Waals surface area contributed by atoms with Crippen molar-refractivity contribution in [3.8, 4) is 0 Å². The van der Waals surface area contributed by atoms with Gasteiger partial charge in [-0.15, -0.1) is 0 Å². The summed E-state index contributed by atoms with van der Waals surface area (Å²) in [6.45, 7) is 1.73. The summed E-state index contributed by atoms with van der Waals surface area (Å²) in [5, 5.41) is 13.2. The number of carbonyl (C=O) groups is 1. The maximum Gasteiger partial charge on any atom is 0.206 e. The largest absolute Gasteiger partial charge is 0.506 e. The van der Waals surface area contributed by atoms with E-state index in [1.54, 1.807) is 55.5 Å². The Hall–Kier alpha value is -3.54. The van der Waals surface area contributed by atoms with E-state index >= 15 is 0 Å². The molecule has 0 spiro atoms. The minimum Gasteiger partial charge on any atom is -0.506 e. The van der Waals surface area contributed by atoms with Gasteiger partial charge < -0.3 is 21.9 Å². The molecule has 126 valence electrons. The van der Waals surface area contributed by atoms with E-state index in [-0.39, 0.29) is 11.5 Å². The Balaban J connectivity index is 1.98. The van der Waals surface area contributed by atoms with Crippen LogP contribution in [-0.4, -0.2) is 16.6 Å². The lowest BCUT2D eigenvalue weighted by Crippen LogP contribution is -2.22. The second-order valence-electron chi connectivity index (χ2n) is 5.69. The van der Waals surface area contributed by atoms with Gasteiger partial charge in [-0.2, -0.15) is 0 Å². The van der Waals surface area contributed by atoms with Crippen molar-refractivity contribution in [3.63, 3.8) is 0 Å². The molecule has 0 atom stereocenters. The van der Waals surface area contributed by atoms with Gasteiger partial charge in [0.1, 0.15) is 11.5 Å². The molecule has 0 saturated heterocycles. The maximum atomic E-state index is 12.3. The molecule has 0 aliphatic heterocycles. The lowest BCUT2D eigenvalue weighted by Gasteiger charge is -2.18. The summed E-state index contributed by atoms with van der Waals surface area (Å²) < 4.78 is 0. The number of nitrogens with one attached hydrogen (secondary N) is 1. The van der Waals surface area contributed by atoms with Gasteiger partial charge in [-0.1, -0.05) is 0 Å². The molecule has 6 N–H and O–H groups in total. The number of aliphatic imine (C=N–C) groups is 1. The van der Waals surface area contributed by atoms with Gasteiger partial charge >= 0.3 is 0 Å². The second kappa shape index (κ2) is 6.52. The average molecular weight is 334 g/mol. The predicted octanol–water partition coefficient (Wildman–Crippen LogP) is 3.33. The number of aliphatic hydroxyl groups excluding tert-OH is 1. The van der Waals surface area contributed by atoms with E-state index in [1.165, 1.54) is 0 Å². The van der Waals surface area contributed by atoms with Crippen LogP contribution in [0.3, 0.4) is 0 Å². The number of nitrogens with zero attached hydrogens (tertiary/aromatic N) is 1. The number of nitrogens with two attached hydrogens (primary N) is 2. The molecule has 6 heteroatoms. The third-order valence-corrected chi connectivity index (χ3v) is 3.80. The molecule has 2 aromatic rings. The number of rotatable bonds is 3. The lowest BCUT2D eigenvalue weighted by molar-refractivity contribution is -0.111. The Morgan fingerprint density at radius 1 is 0.960 bits per heavy atom. The normalized spacial score (nSPS) is 16.1. The van der Waals surface area contributed by atoms with Crippen molar-refractivity contribution in [3.05, 3.63) is 71.6 Å². The molecule has 0 bridgehead atoms. The number of hydrogen-bond donors (Lipinski definition) is 4. The summed E-state index contributed by atoms with van der Waals surface area (Å²) in [5.74, 6) is -0.481. The van der Waals surface area contributed by atoms with E-state index in [2.05, 4.69) is 10.3 Å². The number of ketones is 1. The fourth-order valence-electron chi connectivity index (χ4n) is 2.45. The Kier molecular flexibility index (Phi) is 4.26. The molecule has 0 fully saturated rings. The molecular formula is C19H18N4O2. The molecular weight excluding hydrogens is 316 g/mol. The molecule has 1 aliphatic carbocycles. The molecule has 1 aliphatic rings. The highest BCUT2D eigenvalue weighted by molar-refractivity contribution is 6.24. The van der Waals surface area contributed by atoms with Crippen LogP contribution in [0.5, 0.6) is 0 Å². The standard InChI is InChI=1S/C19H18N4O2/c1-11-18(22-14-6-2-12(20)3-7-14)16(24)10-17(25)19(11)23-15-8-4-13(21)5-9-15/h2-10,22,25H,20-21H2,1H3. The molecule has 6 nitrogen and oxygen atoms in total. The van der Waals surface area contributed by atoms with E-state index < -0.39 is 0 Å². The van der Waals surface area contributed by atoms with Crippen LogP contribution in [0.1, 0.15) is 6.92 Å². The highest BCUT2D eigenvalue weighted by Crippen LogP contribution is 2.25. The van der Waals surface area contributed by atoms with E-state index in [9.17, 15) is 9.90 Å².